The fourth-order valence-corrected chi connectivity index (χ4v) is 1.75. The Bertz CT molecular complexity index is 585. The second-order valence-corrected chi connectivity index (χ2v) is 4.17. The molecule has 17 heavy (non-hydrogen) atoms. The Morgan fingerprint density at radius 1 is 0.941 bits per heavy atom. The van der Waals surface area contributed by atoms with Gasteiger partial charge in [0.25, 0.3) is 0 Å². The van der Waals surface area contributed by atoms with E-state index in [9.17, 15) is 13.2 Å². The second-order valence-electron chi connectivity index (χ2n) is 3.30. The van der Waals surface area contributed by atoms with Gasteiger partial charge in [0.15, 0.2) is 0 Å². The van der Waals surface area contributed by atoms with Crippen LogP contribution in [-0.4, -0.2) is 5.51 Å². The standard InChI is InChI=1S/C13H7F3S/c14-13(15,16)17-9-8-11-6-3-5-10-4-1-2-7-12(10)11/h1-7H. The zero-order valence-electron chi connectivity index (χ0n) is 8.58. The minimum absolute atomic E-state index is 0.324. The number of benzene rings is 2. The van der Waals surface area contributed by atoms with Gasteiger partial charge >= 0.3 is 5.51 Å². The summed E-state index contributed by atoms with van der Waals surface area (Å²) in [5.41, 5.74) is -3.70. The van der Waals surface area contributed by atoms with Crippen molar-refractivity contribution in [3.8, 4) is 11.2 Å². The average molecular weight is 252 g/mol. The molecule has 0 radical (unpaired) electrons. The Balaban J connectivity index is 2.36. The molecule has 0 spiro atoms. The molecule has 2 aromatic rings. The molecule has 0 aliphatic rings. The predicted octanol–water partition coefficient (Wildman–Crippen LogP) is 4.40. The topological polar surface area (TPSA) is 0 Å². The summed E-state index contributed by atoms with van der Waals surface area (Å²) in [6, 6.07) is 12.9. The average Bonchev–Trinajstić information content (AvgIpc) is 2.28. The van der Waals surface area contributed by atoms with E-state index in [-0.39, 0.29) is 11.8 Å². The van der Waals surface area contributed by atoms with Gasteiger partial charge < -0.3 is 0 Å². The molecule has 0 aromatic heterocycles. The van der Waals surface area contributed by atoms with Crippen molar-refractivity contribution in [2.45, 2.75) is 5.51 Å². The maximum Gasteiger partial charge on any atom is 0.453 e. The molecule has 0 bridgehead atoms. The minimum Gasteiger partial charge on any atom is -0.160 e. The third kappa shape index (κ3) is 3.18. The van der Waals surface area contributed by atoms with Gasteiger partial charge in [0, 0.05) is 17.3 Å². The summed E-state index contributed by atoms with van der Waals surface area (Å²) < 4.78 is 35.8. The molecule has 2 rings (SSSR count). The number of alkyl halides is 3. The highest BCUT2D eigenvalue weighted by Crippen LogP contribution is 2.29. The van der Waals surface area contributed by atoms with Crippen molar-refractivity contribution in [3.63, 3.8) is 0 Å². The van der Waals surface area contributed by atoms with Crippen LogP contribution in [0.3, 0.4) is 0 Å². The van der Waals surface area contributed by atoms with Crippen molar-refractivity contribution < 1.29 is 13.2 Å². The molecule has 0 saturated carbocycles. The molecule has 86 valence electrons. The first-order valence-corrected chi connectivity index (χ1v) is 5.61. The van der Waals surface area contributed by atoms with E-state index in [0.717, 1.165) is 10.8 Å². The van der Waals surface area contributed by atoms with Gasteiger partial charge in [-0.1, -0.05) is 42.3 Å². The van der Waals surface area contributed by atoms with Crippen LogP contribution in [0.15, 0.2) is 42.5 Å². The maximum absolute atomic E-state index is 11.9. The summed E-state index contributed by atoms with van der Waals surface area (Å²) in [6.07, 6.45) is 0. The number of rotatable bonds is 0. The number of fused-ring (bicyclic) bond motifs is 1. The SMILES string of the molecule is FC(F)(F)SC#Cc1cccc2ccccc12. The highest BCUT2D eigenvalue weighted by atomic mass is 32.2. The Kier molecular flexibility index (Phi) is 3.30. The van der Waals surface area contributed by atoms with Gasteiger partial charge in [0.05, 0.1) is 0 Å². The predicted molar refractivity (Wildman–Crippen MR) is 64.5 cm³/mol. The zero-order chi connectivity index (χ0) is 12.3. The molecule has 0 heterocycles. The van der Waals surface area contributed by atoms with E-state index in [2.05, 4.69) is 11.2 Å². The van der Waals surface area contributed by atoms with E-state index in [0.29, 0.717) is 5.56 Å². The van der Waals surface area contributed by atoms with Crippen LogP contribution >= 0.6 is 11.8 Å². The number of hydrogen-bond donors (Lipinski definition) is 0. The van der Waals surface area contributed by atoms with Gasteiger partial charge in [-0.15, -0.1) is 0 Å². The van der Waals surface area contributed by atoms with E-state index < -0.39 is 5.51 Å². The molecule has 0 N–H and O–H groups in total. The monoisotopic (exact) mass is 252 g/mol. The lowest BCUT2D eigenvalue weighted by atomic mass is 10.1. The summed E-state index contributed by atoms with van der Waals surface area (Å²) in [5.74, 6) is 2.54. The van der Waals surface area contributed by atoms with Crippen LogP contribution in [0.25, 0.3) is 10.8 Å². The Labute approximate surface area is 101 Å². The maximum atomic E-state index is 11.9. The molecular weight excluding hydrogens is 245 g/mol. The highest BCUT2D eigenvalue weighted by Gasteiger charge is 2.27. The Morgan fingerprint density at radius 2 is 1.65 bits per heavy atom. The van der Waals surface area contributed by atoms with Crippen LogP contribution in [0.1, 0.15) is 5.56 Å². The van der Waals surface area contributed by atoms with Crippen molar-refractivity contribution in [3.05, 3.63) is 48.0 Å². The van der Waals surface area contributed by atoms with Crippen molar-refractivity contribution in [1.82, 2.24) is 0 Å². The summed E-state index contributed by atoms with van der Waals surface area (Å²) in [4.78, 5) is 0. The quantitative estimate of drug-likeness (QED) is 0.626. The molecule has 0 atom stereocenters. The lowest BCUT2D eigenvalue weighted by molar-refractivity contribution is -0.0318. The molecular formula is C13H7F3S. The van der Waals surface area contributed by atoms with E-state index >= 15 is 0 Å². The second kappa shape index (κ2) is 4.72. The van der Waals surface area contributed by atoms with Crippen LogP contribution in [0, 0.1) is 11.2 Å². The van der Waals surface area contributed by atoms with Crippen LogP contribution in [-0.2, 0) is 0 Å². The van der Waals surface area contributed by atoms with E-state index in [1.54, 1.807) is 12.1 Å². The third-order valence-electron chi connectivity index (χ3n) is 2.14. The molecule has 2 aromatic carbocycles. The van der Waals surface area contributed by atoms with Crippen molar-refractivity contribution >= 4 is 22.5 Å². The lowest BCUT2D eigenvalue weighted by Crippen LogP contribution is -1.96. The Hall–Kier alpha value is -1.60. The lowest BCUT2D eigenvalue weighted by Gasteiger charge is -2.00. The van der Waals surface area contributed by atoms with Crippen LogP contribution in [0.5, 0.6) is 0 Å². The number of thioether (sulfide) groups is 1. The smallest absolute Gasteiger partial charge is 0.160 e. The largest absolute Gasteiger partial charge is 0.453 e. The van der Waals surface area contributed by atoms with Crippen molar-refractivity contribution in [1.29, 1.82) is 0 Å². The summed E-state index contributed by atoms with van der Waals surface area (Å²) in [7, 11) is 0. The molecule has 0 aliphatic carbocycles. The van der Waals surface area contributed by atoms with Crippen LogP contribution < -0.4 is 0 Å². The van der Waals surface area contributed by atoms with Crippen LogP contribution in [0.4, 0.5) is 13.2 Å². The first kappa shape index (κ1) is 11.9. The summed E-state index contributed by atoms with van der Waals surface area (Å²) in [6.45, 7) is 0. The van der Waals surface area contributed by atoms with Gasteiger partial charge in [-0.25, -0.2) is 0 Å². The van der Waals surface area contributed by atoms with E-state index in [1.807, 2.05) is 30.3 Å². The zero-order valence-corrected chi connectivity index (χ0v) is 9.40. The Morgan fingerprint density at radius 3 is 2.41 bits per heavy atom. The van der Waals surface area contributed by atoms with Gasteiger partial charge in [0.2, 0.25) is 0 Å². The molecule has 0 fully saturated rings. The summed E-state index contributed by atoms with van der Waals surface area (Å²) >= 11 is -0.324. The fourth-order valence-electron chi connectivity index (χ4n) is 1.47. The van der Waals surface area contributed by atoms with Gasteiger partial charge in [0.1, 0.15) is 0 Å². The van der Waals surface area contributed by atoms with Gasteiger partial charge in [-0.05, 0) is 22.1 Å². The van der Waals surface area contributed by atoms with Gasteiger partial charge in [-0.3, -0.25) is 0 Å². The van der Waals surface area contributed by atoms with E-state index in [1.165, 1.54) is 0 Å². The molecule has 0 nitrogen and oxygen atoms in total. The van der Waals surface area contributed by atoms with Crippen molar-refractivity contribution in [2.75, 3.05) is 0 Å². The van der Waals surface area contributed by atoms with Crippen molar-refractivity contribution in [2.24, 2.45) is 0 Å². The molecule has 0 aliphatic heterocycles. The molecule has 4 heteroatoms. The summed E-state index contributed by atoms with van der Waals surface area (Å²) in [5, 5.41) is 3.91. The molecule has 0 unspecified atom stereocenters. The number of halogens is 3. The molecule has 0 saturated heterocycles. The first-order chi connectivity index (χ1) is 8.06. The van der Waals surface area contributed by atoms with Gasteiger partial charge in [-0.2, -0.15) is 13.2 Å². The normalized spacial score (nSPS) is 11.0. The minimum atomic E-state index is -4.31. The van der Waals surface area contributed by atoms with Crippen LogP contribution in [0.2, 0.25) is 0 Å². The number of hydrogen-bond acceptors (Lipinski definition) is 1. The third-order valence-corrected chi connectivity index (χ3v) is 2.58. The molecule has 0 amide bonds. The first-order valence-electron chi connectivity index (χ1n) is 4.80. The van der Waals surface area contributed by atoms with E-state index in [4.69, 9.17) is 0 Å². The fraction of sp³-hybridized carbons (Fsp3) is 0.0769. The highest BCUT2D eigenvalue weighted by molar-refractivity contribution is 8.04.